The van der Waals surface area contributed by atoms with Crippen molar-refractivity contribution < 1.29 is 9.53 Å². The fourth-order valence-electron chi connectivity index (χ4n) is 4.02. The highest BCUT2D eigenvalue weighted by atomic mass is 16.5. The number of nitrogens with one attached hydrogen (secondary N) is 2. The van der Waals surface area contributed by atoms with Gasteiger partial charge >= 0.3 is 0 Å². The summed E-state index contributed by atoms with van der Waals surface area (Å²) >= 11 is 0. The van der Waals surface area contributed by atoms with E-state index in [0.29, 0.717) is 0 Å². The van der Waals surface area contributed by atoms with Crippen molar-refractivity contribution in [2.75, 3.05) is 25.1 Å². The average Bonchev–Trinajstić information content (AvgIpc) is 3.24. The molecule has 0 spiro atoms. The molecule has 6 heteroatoms. The van der Waals surface area contributed by atoms with Gasteiger partial charge in [0.15, 0.2) is 5.82 Å². The van der Waals surface area contributed by atoms with Gasteiger partial charge in [0.25, 0.3) is 5.91 Å². The topological polar surface area (TPSA) is 70.2 Å². The zero-order chi connectivity index (χ0) is 21.1. The van der Waals surface area contributed by atoms with Gasteiger partial charge in [-0.15, -0.1) is 0 Å². The van der Waals surface area contributed by atoms with Crippen molar-refractivity contribution in [2.24, 2.45) is 0 Å². The van der Waals surface area contributed by atoms with Gasteiger partial charge in [-0.1, -0.05) is 17.2 Å². The van der Waals surface area contributed by atoms with E-state index in [-0.39, 0.29) is 11.9 Å². The number of benzene rings is 2. The molecule has 1 amide bonds. The van der Waals surface area contributed by atoms with Crippen molar-refractivity contribution in [3.63, 3.8) is 0 Å². The number of methoxy groups -OCH3 is 1. The second kappa shape index (κ2) is 8.61. The normalized spacial score (nSPS) is 14.6. The third-order valence-corrected chi connectivity index (χ3v) is 5.60. The molecule has 0 saturated carbocycles. The Bertz CT molecular complexity index is 998. The predicted molar refractivity (Wildman–Crippen MR) is 119 cm³/mol. The maximum Gasteiger partial charge on any atom is 0.251 e. The minimum Gasteiger partial charge on any atom is -0.497 e. The number of carbonyl (C=O) groups excluding carboxylic acids is 1. The van der Waals surface area contributed by atoms with Crippen LogP contribution in [0.4, 0.5) is 5.82 Å². The van der Waals surface area contributed by atoms with Crippen LogP contribution in [0.1, 0.15) is 34.3 Å². The van der Waals surface area contributed by atoms with Crippen LogP contribution in [0.2, 0.25) is 0 Å². The number of H-pyrrole nitrogens is 1. The number of ether oxygens (including phenoxy) is 1. The molecule has 156 valence electrons. The van der Waals surface area contributed by atoms with Crippen molar-refractivity contribution in [1.82, 2.24) is 15.5 Å². The van der Waals surface area contributed by atoms with E-state index in [0.717, 1.165) is 65.4 Å². The second-order valence-corrected chi connectivity index (χ2v) is 7.98. The van der Waals surface area contributed by atoms with Crippen LogP contribution in [0.5, 0.6) is 5.75 Å². The average molecular weight is 405 g/mol. The van der Waals surface area contributed by atoms with E-state index < -0.39 is 0 Å². The van der Waals surface area contributed by atoms with E-state index in [1.54, 1.807) is 7.11 Å². The first kappa shape index (κ1) is 20.0. The van der Waals surface area contributed by atoms with Crippen molar-refractivity contribution in [3.8, 4) is 17.0 Å². The van der Waals surface area contributed by atoms with E-state index in [9.17, 15) is 4.79 Å². The van der Waals surface area contributed by atoms with E-state index in [1.807, 2.05) is 50.2 Å². The molecule has 3 aromatic rings. The van der Waals surface area contributed by atoms with Crippen LogP contribution in [-0.4, -0.2) is 42.3 Å². The Kier molecular flexibility index (Phi) is 5.74. The molecule has 0 unspecified atom stereocenters. The number of carbonyl (C=O) groups is 1. The van der Waals surface area contributed by atoms with Crippen LogP contribution in [-0.2, 0) is 0 Å². The molecule has 30 heavy (non-hydrogen) atoms. The van der Waals surface area contributed by atoms with Gasteiger partial charge in [0, 0.05) is 30.8 Å². The van der Waals surface area contributed by atoms with Gasteiger partial charge in [-0.05, 0) is 68.7 Å². The lowest BCUT2D eigenvalue weighted by Crippen LogP contribution is -2.44. The summed E-state index contributed by atoms with van der Waals surface area (Å²) in [6.07, 6.45) is 1.81. The summed E-state index contributed by atoms with van der Waals surface area (Å²) in [6.45, 7) is 5.77. The zero-order valence-electron chi connectivity index (χ0n) is 17.7. The molecular formula is C24H28N4O2. The number of piperidine rings is 1. The SMILES string of the molecule is COc1ccc(-c2cc(N3CCC(NC(=O)c4cc(C)cc(C)c4)CC3)n[nH]2)cc1. The Morgan fingerprint density at radius 3 is 2.37 bits per heavy atom. The number of hydrogen-bond donors (Lipinski definition) is 2. The summed E-state index contributed by atoms with van der Waals surface area (Å²) in [6, 6.07) is 16.2. The lowest BCUT2D eigenvalue weighted by Gasteiger charge is -2.32. The highest BCUT2D eigenvalue weighted by molar-refractivity contribution is 5.94. The molecule has 0 radical (unpaired) electrons. The maximum atomic E-state index is 12.6. The van der Waals surface area contributed by atoms with Crippen LogP contribution >= 0.6 is 0 Å². The van der Waals surface area contributed by atoms with Crippen LogP contribution in [0, 0.1) is 13.8 Å². The summed E-state index contributed by atoms with van der Waals surface area (Å²) in [5.41, 5.74) is 5.02. The Hall–Kier alpha value is -3.28. The number of amides is 1. The Balaban J connectivity index is 1.34. The molecule has 4 rings (SSSR count). The maximum absolute atomic E-state index is 12.6. The van der Waals surface area contributed by atoms with Crippen LogP contribution < -0.4 is 15.0 Å². The minimum absolute atomic E-state index is 0.0156. The molecule has 1 aromatic heterocycles. The quantitative estimate of drug-likeness (QED) is 0.672. The molecule has 0 bridgehead atoms. The van der Waals surface area contributed by atoms with E-state index >= 15 is 0 Å². The number of hydrogen-bond acceptors (Lipinski definition) is 4. The molecule has 2 N–H and O–H groups in total. The fourth-order valence-corrected chi connectivity index (χ4v) is 4.02. The molecule has 2 aromatic carbocycles. The summed E-state index contributed by atoms with van der Waals surface area (Å²) in [5, 5.41) is 10.8. The van der Waals surface area contributed by atoms with E-state index in [1.165, 1.54) is 0 Å². The van der Waals surface area contributed by atoms with Crippen LogP contribution in [0.3, 0.4) is 0 Å². The van der Waals surface area contributed by atoms with E-state index in [2.05, 4.69) is 32.5 Å². The number of nitrogens with zero attached hydrogens (tertiary/aromatic N) is 2. The molecule has 0 atom stereocenters. The predicted octanol–water partition coefficient (Wildman–Crippen LogP) is 4.10. The zero-order valence-corrected chi connectivity index (χ0v) is 17.7. The smallest absolute Gasteiger partial charge is 0.251 e. The van der Waals surface area contributed by atoms with Crippen molar-refractivity contribution in [3.05, 3.63) is 65.2 Å². The molecule has 0 aliphatic carbocycles. The first-order valence-corrected chi connectivity index (χ1v) is 10.4. The van der Waals surface area contributed by atoms with E-state index in [4.69, 9.17) is 4.74 Å². The van der Waals surface area contributed by atoms with Gasteiger partial charge in [0.05, 0.1) is 12.8 Å². The standard InChI is InChI=1S/C24H28N4O2/c1-16-12-17(2)14-19(13-16)24(29)25-20-8-10-28(11-9-20)23-15-22(26-27-23)18-4-6-21(30-3)7-5-18/h4-7,12-15,20H,8-11H2,1-3H3,(H,25,29)(H,26,27). The molecule has 1 saturated heterocycles. The first-order chi connectivity index (χ1) is 14.5. The van der Waals surface area contributed by atoms with Crippen molar-refractivity contribution in [2.45, 2.75) is 32.7 Å². The molecule has 6 nitrogen and oxygen atoms in total. The van der Waals surface area contributed by atoms with Gasteiger partial charge in [-0.3, -0.25) is 9.89 Å². The van der Waals surface area contributed by atoms with Gasteiger partial charge in [-0.2, -0.15) is 5.10 Å². The fraction of sp³-hybridized carbons (Fsp3) is 0.333. The summed E-state index contributed by atoms with van der Waals surface area (Å²) in [5.74, 6) is 1.80. The second-order valence-electron chi connectivity index (χ2n) is 7.98. The number of anilines is 1. The number of rotatable bonds is 5. The van der Waals surface area contributed by atoms with Crippen LogP contribution in [0.25, 0.3) is 11.3 Å². The highest BCUT2D eigenvalue weighted by Crippen LogP contribution is 2.25. The van der Waals surface area contributed by atoms with Crippen molar-refractivity contribution in [1.29, 1.82) is 0 Å². The molecule has 2 heterocycles. The Morgan fingerprint density at radius 1 is 1.07 bits per heavy atom. The molecule has 1 fully saturated rings. The van der Waals surface area contributed by atoms with Gasteiger partial charge in [0.1, 0.15) is 5.75 Å². The largest absolute Gasteiger partial charge is 0.497 e. The van der Waals surface area contributed by atoms with Crippen molar-refractivity contribution >= 4 is 11.7 Å². The lowest BCUT2D eigenvalue weighted by molar-refractivity contribution is 0.0931. The minimum atomic E-state index is 0.0156. The Labute approximate surface area is 177 Å². The van der Waals surface area contributed by atoms with Gasteiger partial charge in [-0.25, -0.2) is 0 Å². The Morgan fingerprint density at radius 2 is 1.73 bits per heavy atom. The number of aromatic amines is 1. The number of aryl methyl sites for hydroxylation is 2. The molecule has 1 aliphatic rings. The third kappa shape index (κ3) is 4.48. The summed E-state index contributed by atoms with van der Waals surface area (Å²) in [4.78, 5) is 14.9. The third-order valence-electron chi connectivity index (χ3n) is 5.60. The monoisotopic (exact) mass is 404 g/mol. The lowest BCUT2D eigenvalue weighted by atomic mass is 10.0. The molecule has 1 aliphatic heterocycles. The highest BCUT2D eigenvalue weighted by Gasteiger charge is 2.23. The summed E-state index contributed by atoms with van der Waals surface area (Å²) in [7, 11) is 1.66. The summed E-state index contributed by atoms with van der Waals surface area (Å²) < 4.78 is 5.22. The number of aromatic nitrogens is 2. The molecular weight excluding hydrogens is 376 g/mol. The van der Waals surface area contributed by atoms with Gasteiger partial charge in [0.2, 0.25) is 0 Å². The van der Waals surface area contributed by atoms with Gasteiger partial charge < -0.3 is 15.0 Å². The van der Waals surface area contributed by atoms with Crippen LogP contribution in [0.15, 0.2) is 48.5 Å². The first-order valence-electron chi connectivity index (χ1n) is 10.4.